The minimum atomic E-state index is -1.31. The molecule has 0 saturated heterocycles. The van der Waals surface area contributed by atoms with E-state index in [-0.39, 0.29) is 5.41 Å². The maximum absolute atomic E-state index is 13.7. The van der Waals surface area contributed by atoms with Crippen LogP contribution >= 0.6 is 0 Å². The fourth-order valence-corrected chi connectivity index (χ4v) is 1.51. The zero-order chi connectivity index (χ0) is 11.7. The molecule has 0 fully saturated rings. The molecule has 1 aliphatic rings. The van der Waals surface area contributed by atoms with E-state index in [2.05, 4.69) is 27.7 Å². The van der Waals surface area contributed by atoms with Crippen LogP contribution in [0, 0.1) is 11.3 Å². The van der Waals surface area contributed by atoms with E-state index >= 15 is 0 Å². The average molecular weight is 208 g/mol. The van der Waals surface area contributed by atoms with Crippen molar-refractivity contribution in [3.05, 3.63) is 36.0 Å². The Balaban J connectivity index is 2.92. The molecular weight excluding hydrogens is 187 g/mol. The molecule has 1 aliphatic carbocycles. The van der Waals surface area contributed by atoms with Crippen molar-refractivity contribution in [3.63, 3.8) is 0 Å². The normalized spacial score (nSPS) is 28.5. The Morgan fingerprint density at radius 1 is 1.27 bits per heavy atom. The Morgan fingerprint density at radius 3 is 2.40 bits per heavy atom. The highest BCUT2D eigenvalue weighted by Gasteiger charge is 2.24. The molecule has 0 amide bonds. The zero-order valence-electron chi connectivity index (χ0n) is 10.3. The molecule has 2 unspecified atom stereocenters. The third-order valence-electron chi connectivity index (χ3n) is 3.11. The van der Waals surface area contributed by atoms with E-state index in [1.165, 1.54) is 5.57 Å². The van der Waals surface area contributed by atoms with Crippen LogP contribution in [0.2, 0.25) is 0 Å². The van der Waals surface area contributed by atoms with Crippen LogP contribution in [0.3, 0.4) is 0 Å². The van der Waals surface area contributed by atoms with Gasteiger partial charge in [0.05, 0.1) is 0 Å². The van der Waals surface area contributed by atoms with Crippen molar-refractivity contribution >= 4 is 0 Å². The zero-order valence-corrected chi connectivity index (χ0v) is 10.3. The first kappa shape index (κ1) is 12.2. The molecule has 0 N–H and O–H groups in total. The number of hydrogen-bond acceptors (Lipinski definition) is 0. The first-order chi connectivity index (χ1) is 6.72. The van der Waals surface area contributed by atoms with Gasteiger partial charge in [-0.15, -0.1) is 0 Å². The average Bonchev–Trinajstić information content (AvgIpc) is 2.23. The number of alkyl halides is 1. The number of allylic oxidation sites excluding steroid dienone is 6. The molecule has 0 heterocycles. The molecule has 1 rings (SSSR count). The molecule has 0 aliphatic heterocycles. The Labute approximate surface area is 92.6 Å². The van der Waals surface area contributed by atoms with Gasteiger partial charge in [0.2, 0.25) is 0 Å². The second-order valence-electron chi connectivity index (χ2n) is 5.60. The summed E-state index contributed by atoms with van der Waals surface area (Å²) in [5.41, 5.74) is 0.0943. The molecule has 0 aromatic rings. The van der Waals surface area contributed by atoms with Crippen LogP contribution in [-0.4, -0.2) is 5.67 Å². The highest BCUT2D eigenvalue weighted by Crippen LogP contribution is 2.33. The highest BCUT2D eigenvalue weighted by atomic mass is 19.1. The van der Waals surface area contributed by atoms with Gasteiger partial charge in [0, 0.05) is 0 Å². The lowest BCUT2D eigenvalue weighted by Gasteiger charge is -2.28. The van der Waals surface area contributed by atoms with Crippen LogP contribution in [0.1, 0.15) is 34.6 Å². The predicted molar refractivity (Wildman–Crippen MR) is 64.5 cm³/mol. The number of halogens is 1. The SMILES string of the molecule is CC(C1=CC=CC(C)(F)C=C1)C(C)(C)C. The highest BCUT2D eigenvalue weighted by molar-refractivity contribution is 5.34. The van der Waals surface area contributed by atoms with Gasteiger partial charge >= 0.3 is 0 Å². The van der Waals surface area contributed by atoms with Gasteiger partial charge in [-0.25, -0.2) is 4.39 Å². The molecular formula is C14H21F. The van der Waals surface area contributed by atoms with Gasteiger partial charge < -0.3 is 0 Å². The number of rotatable bonds is 1. The fourth-order valence-electron chi connectivity index (χ4n) is 1.51. The summed E-state index contributed by atoms with van der Waals surface area (Å²) in [5.74, 6) is 0.423. The molecule has 0 spiro atoms. The van der Waals surface area contributed by atoms with Crippen molar-refractivity contribution in [2.45, 2.75) is 40.3 Å². The summed E-state index contributed by atoms with van der Waals surface area (Å²) in [4.78, 5) is 0. The van der Waals surface area contributed by atoms with E-state index < -0.39 is 5.67 Å². The lowest BCUT2D eigenvalue weighted by molar-refractivity contribution is 0.303. The summed E-state index contributed by atoms with van der Waals surface area (Å²) in [6.45, 7) is 10.4. The molecule has 15 heavy (non-hydrogen) atoms. The molecule has 0 radical (unpaired) electrons. The molecule has 84 valence electrons. The van der Waals surface area contributed by atoms with E-state index in [0.29, 0.717) is 5.92 Å². The molecule has 0 bridgehead atoms. The first-order valence-corrected chi connectivity index (χ1v) is 5.50. The van der Waals surface area contributed by atoms with E-state index in [0.717, 1.165) is 0 Å². The molecule has 0 saturated carbocycles. The summed E-state index contributed by atoms with van der Waals surface area (Å²) in [6, 6.07) is 0. The van der Waals surface area contributed by atoms with Crippen LogP contribution in [0.15, 0.2) is 36.0 Å². The summed E-state index contributed by atoms with van der Waals surface area (Å²) >= 11 is 0. The third kappa shape index (κ3) is 3.33. The second kappa shape index (κ2) is 3.96. The number of hydrogen-bond donors (Lipinski definition) is 0. The van der Waals surface area contributed by atoms with Crippen LogP contribution in [0.4, 0.5) is 4.39 Å². The molecule has 1 heteroatoms. The monoisotopic (exact) mass is 208 g/mol. The van der Waals surface area contributed by atoms with Crippen molar-refractivity contribution in [3.8, 4) is 0 Å². The van der Waals surface area contributed by atoms with Crippen molar-refractivity contribution in [1.82, 2.24) is 0 Å². The summed E-state index contributed by atoms with van der Waals surface area (Å²) in [6.07, 6.45) is 8.96. The molecule has 0 aromatic carbocycles. The van der Waals surface area contributed by atoms with Gasteiger partial charge in [-0.3, -0.25) is 0 Å². The quantitative estimate of drug-likeness (QED) is 0.597. The topological polar surface area (TPSA) is 0 Å². The van der Waals surface area contributed by atoms with Crippen LogP contribution in [0.5, 0.6) is 0 Å². The van der Waals surface area contributed by atoms with Crippen molar-refractivity contribution in [2.24, 2.45) is 11.3 Å². The van der Waals surface area contributed by atoms with Gasteiger partial charge in [-0.2, -0.15) is 0 Å². The molecule has 0 aromatic heterocycles. The Kier molecular flexibility index (Phi) is 3.22. The largest absolute Gasteiger partial charge is 0.235 e. The van der Waals surface area contributed by atoms with E-state index in [1.54, 1.807) is 19.1 Å². The molecule has 2 atom stereocenters. The summed E-state index contributed by atoms with van der Waals surface area (Å²) in [5, 5.41) is 0. The summed E-state index contributed by atoms with van der Waals surface area (Å²) in [7, 11) is 0. The van der Waals surface area contributed by atoms with E-state index in [1.807, 2.05) is 18.2 Å². The lowest BCUT2D eigenvalue weighted by Crippen LogP contribution is -2.18. The van der Waals surface area contributed by atoms with Gasteiger partial charge in [-0.1, -0.05) is 45.9 Å². The van der Waals surface area contributed by atoms with Crippen molar-refractivity contribution < 1.29 is 4.39 Å². The van der Waals surface area contributed by atoms with Gasteiger partial charge in [0.25, 0.3) is 0 Å². The lowest BCUT2D eigenvalue weighted by atomic mass is 9.77. The Bertz CT molecular complexity index is 311. The smallest absolute Gasteiger partial charge is 0.145 e. The molecule has 0 nitrogen and oxygen atoms in total. The predicted octanol–water partition coefficient (Wildman–Crippen LogP) is 4.45. The third-order valence-corrected chi connectivity index (χ3v) is 3.11. The van der Waals surface area contributed by atoms with E-state index in [4.69, 9.17) is 0 Å². The maximum Gasteiger partial charge on any atom is 0.145 e. The summed E-state index contributed by atoms with van der Waals surface area (Å²) < 4.78 is 13.7. The minimum Gasteiger partial charge on any atom is -0.235 e. The second-order valence-corrected chi connectivity index (χ2v) is 5.60. The Morgan fingerprint density at radius 2 is 1.87 bits per heavy atom. The van der Waals surface area contributed by atoms with Crippen molar-refractivity contribution in [1.29, 1.82) is 0 Å². The maximum atomic E-state index is 13.7. The minimum absolute atomic E-state index is 0.209. The fraction of sp³-hybridized carbons (Fsp3) is 0.571. The van der Waals surface area contributed by atoms with Crippen LogP contribution in [0.25, 0.3) is 0 Å². The first-order valence-electron chi connectivity index (χ1n) is 5.50. The Hall–Kier alpha value is -0.850. The van der Waals surface area contributed by atoms with Gasteiger partial charge in [-0.05, 0) is 36.0 Å². The van der Waals surface area contributed by atoms with Crippen molar-refractivity contribution in [2.75, 3.05) is 0 Å². The standard InChI is InChI=1S/C14H21F/c1-11(13(2,3)4)12-7-6-9-14(5,15)10-8-12/h6-11H,1-5H3. The van der Waals surface area contributed by atoms with Crippen LogP contribution in [-0.2, 0) is 0 Å². The van der Waals surface area contributed by atoms with Gasteiger partial charge in [0.15, 0.2) is 0 Å². The van der Waals surface area contributed by atoms with Crippen LogP contribution < -0.4 is 0 Å². The van der Waals surface area contributed by atoms with E-state index in [9.17, 15) is 4.39 Å². The van der Waals surface area contributed by atoms with Gasteiger partial charge in [0.1, 0.15) is 5.67 Å².